The summed E-state index contributed by atoms with van der Waals surface area (Å²) in [5.74, 6) is 0. The Morgan fingerprint density at radius 1 is 1.47 bits per heavy atom. The zero-order chi connectivity index (χ0) is 14.3. The molecule has 0 saturated carbocycles. The third kappa shape index (κ3) is 4.69. The Labute approximate surface area is 111 Å². The van der Waals surface area contributed by atoms with Gasteiger partial charge in [0.25, 0.3) is 6.43 Å². The zero-order valence-electron chi connectivity index (χ0n) is 10.7. The van der Waals surface area contributed by atoms with Crippen LogP contribution in [0.5, 0.6) is 0 Å². The van der Waals surface area contributed by atoms with Gasteiger partial charge in [0.05, 0.1) is 0 Å². The van der Waals surface area contributed by atoms with E-state index in [2.05, 4.69) is 11.9 Å². The predicted molar refractivity (Wildman–Crippen MR) is 69.0 cm³/mol. The number of carbonyl (C=O) groups is 1. The first-order valence-corrected chi connectivity index (χ1v) is 5.86. The molecule has 0 aromatic heterocycles. The number of hydrogen-bond acceptors (Lipinski definition) is 2. The molecule has 1 aromatic rings. The summed E-state index contributed by atoms with van der Waals surface area (Å²) in [5, 5.41) is 2.18. The summed E-state index contributed by atoms with van der Waals surface area (Å²) in [6.07, 6.45) is -2.27. The molecule has 104 valence electrons. The molecule has 1 unspecified atom stereocenters. The molecule has 0 heterocycles. The molecule has 1 rings (SSSR count). The van der Waals surface area contributed by atoms with Gasteiger partial charge >= 0.3 is 6.09 Å². The van der Waals surface area contributed by atoms with Crippen LogP contribution in [0.1, 0.15) is 18.9 Å². The molecule has 1 N–H and O–H groups in total. The number of hydrogen-bond donors (Lipinski definition) is 1. The van der Waals surface area contributed by atoms with E-state index < -0.39 is 18.1 Å². The van der Waals surface area contributed by atoms with Crippen molar-refractivity contribution >= 4 is 6.09 Å². The van der Waals surface area contributed by atoms with Crippen LogP contribution in [0.4, 0.5) is 13.6 Å². The monoisotopic (exact) mass is 269 g/mol. The minimum Gasteiger partial charge on any atom is -0.445 e. The fourth-order valence-electron chi connectivity index (χ4n) is 1.49. The van der Waals surface area contributed by atoms with Crippen molar-refractivity contribution in [3.8, 4) is 0 Å². The minimum atomic E-state index is -2.70. The van der Waals surface area contributed by atoms with Crippen LogP contribution >= 0.6 is 0 Å². The van der Waals surface area contributed by atoms with E-state index in [0.29, 0.717) is 0 Å². The van der Waals surface area contributed by atoms with Crippen LogP contribution in [-0.2, 0) is 11.3 Å². The third-order valence-electron chi connectivity index (χ3n) is 2.65. The molecule has 19 heavy (non-hydrogen) atoms. The molecule has 1 atom stereocenters. The van der Waals surface area contributed by atoms with Gasteiger partial charge in [0.1, 0.15) is 12.1 Å². The van der Waals surface area contributed by atoms with Gasteiger partial charge in [0.2, 0.25) is 0 Å². The van der Waals surface area contributed by atoms with Gasteiger partial charge in [-0.25, -0.2) is 13.6 Å². The fraction of sp³-hybridized carbons (Fsp3) is 0.357. The molecule has 0 spiro atoms. The number of rotatable bonds is 6. The van der Waals surface area contributed by atoms with Gasteiger partial charge in [-0.1, -0.05) is 36.4 Å². The second kappa shape index (κ2) is 6.87. The Morgan fingerprint density at radius 3 is 2.63 bits per heavy atom. The molecule has 0 bridgehead atoms. The van der Waals surface area contributed by atoms with E-state index in [0.717, 1.165) is 5.56 Å². The van der Waals surface area contributed by atoms with Crippen LogP contribution in [0.25, 0.3) is 0 Å². The summed E-state index contributed by atoms with van der Waals surface area (Å²) in [5.41, 5.74) is -0.865. The highest BCUT2D eigenvalue weighted by molar-refractivity contribution is 5.68. The van der Waals surface area contributed by atoms with Crippen LogP contribution in [0.3, 0.4) is 0 Å². The van der Waals surface area contributed by atoms with Crippen molar-refractivity contribution in [2.24, 2.45) is 0 Å². The van der Waals surface area contributed by atoms with E-state index in [9.17, 15) is 13.6 Å². The van der Waals surface area contributed by atoms with E-state index in [1.165, 1.54) is 13.0 Å². The smallest absolute Gasteiger partial charge is 0.408 e. The van der Waals surface area contributed by atoms with Crippen molar-refractivity contribution in [2.45, 2.75) is 31.9 Å². The summed E-state index contributed by atoms with van der Waals surface area (Å²) in [6, 6.07) is 9.00. The van der Waals surface area contributed by atoms with Crippen molar-refractivity contribution < 1.29 is 18.3 Å². The maximum absolute atomic E-state index is 12.9. The second-order valence-corrected chi connectivity index (χ2v) is 4.40. The number of alkyl halides is 2. The average Bonchev–Trinajstić information content (AvgIpc) is 2.37. The molecule has 0 fully saturated rings. The number of amides is 1. The molecule has 1 amide bonds. The summed E-state index contributed by atoms with van der Waals surface area (Å²) in [6.45, 7) is 4.70. The number of carbonyl (C=O) groups excluding carboxylic acids is 1. The minimum absolute atomic E-state index is 0.0366. The lowest BCUT2D eigenvalue weighted by atomic mass is 9.99. The molecule has 0 saturated heterocycles. The Morgan fingerprint density at radius 2 is 2.11 bits per heavy atom. The summed E-state index contributed by atoms with van der Waals surface area (Å²) < 4.78 is 30.7. The van der Waals surface area contributed by atoms with Crippen LogP contribution in [0, 0.1) is 0 Å². The molecular formula is C14H17F2NO2. The van der Waals surface area contributed by atoms with Crippen molar-refractivity contribution in [1.29, 1.82) is 0 Å². The van der Waals surface area contributed by atoms with Gasteiger partial charge in [-0.3, -0.25) is 0 Å². The van der Waals surface area contributed by atoms with Gasteiger partial charge in [-0.15, -0.1) is 6.58 Å². The molecule has 5 heteroatoms. The Balaban J connectivity index is 2.52. The highest BCUT2D eigenvalue weighted by Gasteiger charge is 2.35. The lowest BCUT2D eigenvalue weighted by molar-refractivity contribution is 0.0358. The van der Waals surface area contributed by atoms with E-state index in [4.69, 9.17) is 4.74 Å². The quantitative estimate of drug-likeness (QED) is 0.802. The van der Waals surface area contributed by atoms with Crippen LogP contribution < -0.4 is 5.32 Å². The van der Waals surface area contributed by atoms with E-state index in [-0.39, 0.29) is 13.0 Å². The van der Waals surface area contributed by atoms with Crippen LogP contribution in [0.2, 0.25) is 0 Å². The molecular weight excluding hydrogens is 252 g/mol. The summed E-state index contributed by atoms with van der Waals surface area (Å²) in [7, 11) is 0. The largest absolute Gasteiger partial charge is 0.445 e. The number of alkyl carbamates (subject to hydrolysis) is 1. The molecule has 0 aliphatic carbocycles. The summed E-state index contributed by atoms with van der Waals surface area (Å²) in [4.78, 5) is 11.5. The molecule has 0 radical (unpaired) electrons. The van der Waals surface area contributed by atoms with Crippen LogP contribution in [0.15, 0.2) is 43.0 Å². The number of halogens is 2. The maximum Gasteiger partial charge on any atom is 0.408 e. The molecule has 0 aliphatic heterocycles. The molecule has 1 aromatic carbocycles. The Bertz CT molecular complexity index is 423. The van der Waals surface area contributed by atoms with Gasteiger partial charge < -0.3 is 10.1 Å². The third-order valence-corrected chi connectivity index (χ3v) is 2.65. The fourth-order valence-corrected chi connectivity index (χ4v) is 1.49. The second-order valence-electron chi connectivity index (χ2n) is 4.40. The van der Waals surface area contributed by atoms with E-state index in [1.54, 1.807) is 24.3 Å². The van der Waals surface area contributed by atoms with E-state index >= 15 is 0 Å². The first kappa shape index (κ1) is 15.1. The van der Waals surface area contributed by atoms with E-state index in [1.807, 2.05) is 6.07 Å². The van der Waals surface area contributed by atoms with Gasteiger partial charge in [0, 0.05) is 0 Å². The lowest BCUT2D eigenvalue weighted by Crippen LogP contribution is -2.51. The van der Waals surface area contributed by atoms with Gasteiger partial charge in [-0.2, -0.15) is 0 Å². The Kier molecular flexibility index (Phi) is 5.48. The lowest BCUT2D eigenvalue weighted by Gasteiger charge is -2.28. The first-order chi connectivity index (χ1) is 8.98. The van der Waals surface area contributed by atoms with Crippen molar-refractivity contribution in [2.75, 3.05) is 0 Å². The van der Waals surface area contributed by atoms with Gasteiger partial charge in [-0.05, 0) is 18.9 Å². The summed E-state index contributed by atoms with van der Waals surface area (Å²) >= 11 is 0. The number of benzene rings is 1. The highest BCUT2D eigenvalue weighted by Crippen LogP contribution is 2.20. The first-order valence-electron chi connectivity index (χ1n) is 5.86. The standard InChI is InChI=1S/C14H17F2NO2/c1-3-9-14(2,12(15)16)17-13(18)19-10-11-7-5-4-6-8-11/h3-8,12H,1,9-10H2,2H3,(H,17,18). The van der Waals surface area contributed by atoms with Crippen molar-refractivity contribution in [3.63, 3.8) is 0 Å². The topological polar surface area (TPSA) is 38.3 Å². The number of ether oxygens (including phenoxy) is 1. The number of nitrogens with one attached hydrogen (secondary N) is 1. The normalized spacial score (nSPS) is 13.7. The van der Waals surface area contributed by atoms with Crippen LogP contribution in [-0.4, -0.2) is 18.1 Å². The van der Waals surface area contributed by atoms with Crippen molar-refractivity contribution in [1.82, 2.24) is 5.32 Å². The highest BCUT2D eigenvalue weighted by atomic mass is 19.3. The zero-order valence-corrected chi connectivity index (χ0v) is 10.7. The maximum atomic E-state index is 12.9. The van der Waals surface area contributed by atoms with Crippen molar-refractivity contribution in [3.05, 3.63) is 48.6 Å². The SMILES string of the molecule is C=CCC(C)(NC(=O)OCc1ccccc1)C(F)F. The van der Waals surface area contributed by atoms with Gasteiger partial charge in [0.15, 0.2) is 0 Å². The molecule has 3 nitrogen and oxygen atoms in total. The average molecular weight is 269 g/mol. The molecule has 0 aliphatic rings. The Hall–Kier alpha value is -1.91. The predicted octanol–water partition coefficient (Wildman–Crippen LogP) is 3.51.